The minimum Gasteiger partial charge on any atom is -0.459 e. The Morgan fingerprint density at radius 2 is 2.06 bits per heavy atom. The monoisotopic (exact) mass is 251 g/mol. The van der Waals surface area contributed by atoms with Crippen LogP contribution in [0, 0.1) is 12.7 Å². The van der Waals surface area contributed by atoms with Crippen molar-refractivity contribution in [3.63, 3.8) is 0 Å². The number of piperidine rings is 1. The molecule has 0 radical (unpaired) electrons. The first-order chi connectivity index (χ1) is 8.56. The van der Waals surface area contributed by atoms with Gasteiger partial charge in [0.1, 0.15) is 11.9 Å². The maximum Gasteiger partial charge on any atom is 0.341 e. The first-order valence-corrected chi connectivity index (χ1v) is 6.22. The van der Waals surface area contributed by atoms with Crippen LogP contribution in [0.5, 0.6) is 0 Å². The Balaban J connectivity index is 2.01. The summed E-state index contributed by atoms with van der Waals surface area (Å²) in [5.74, 6) is -1.07. The van der Waals surface area contributed by atoms with Gasteiger partial charge in [0.2, 0.25) is 0 Å². The summed E-state index contributed by atoms with van der Waals surface area (Å²) in [6, 6.07) is 4.48. The molecule has 98 valence electrons. The highest BCUT2D eigenvalue weighted by Gasteiger charge is 2.22. The SMILES string of the molecule is Cc1ccc(F)c(C(=O)OC2CCN(C)CC2)c1. The molecule has 1 heterocycles. The zero-order chi connectivity index (χ0) is 13.1. The number of halogens is 1. The number of carbonyl (C=O) groups excluding carboxylic acids is 1. The minimum atomic E-state index is -0.550. The Bertz CT molecular complexity index is 439. The Morgan fingerprint density at radius 1 is 1.39 bits per heavy atom. The summed E-state index contributed by atoms with van der Waals surface area (Å²) in [6.07, 6.45) is 1.54. The van der Waals surface area contributed by atoms with Crippen LogP contribution in [0.1, 0.15) is 28.8 Å². The third-order valence-corrected chi connectivity index (χ3v) is 3.28. The third-order valence-electron chi connectivity index (χ3n) is 3.28. The van der Waals surface area contributed by atoms with E-state index < -0.39 is 11.8 Å². The Kier molecular flexibility index (Phi) is 3.97. The Hall–Kier alpha value is -1.42. The molecule has 0 aliphatic carbocycles. The van der Waals surface area contributed by atoms with Gasteiger partial charge in [0.15, 0.2) is 0 Å². The first-order valence-electron chi connectivity index (χ1n) is 6.22. The average Bonchev–Trinajstić information content (AvgIpc) is 2.35. The van der Waals surface area contributed by atoms with Gasteiger partial charge in [-0.3, -0.25) is 0 Å². The van der Waals surface area contributed by atoms with Crippen LogP contribution in [0.15, 0.2) is 18.2 Å². The zero-order valence-electron chi connectivity index (χ0n) is 10.8. The summed E-state index contributed by atoms with van der Waals surface area (Å²) in [5.41, 5.74) is 0.889. The van der Waals surface area contributed by atoms with Crippen molar-refractivity contribution in [1.29, 1.82) is 0 Å². The topological polar surface area (TPSA) is 29.5 Å². The number of esters is 1. The fourth-order valence-corrected chi connectivity index (χ4v) is 2.11. The molecule has 0 amide bonds. The van der Waals surface area contributed by atoms with E-state index in [1.165, 1.54) is 12.1 Å². The van der Waals surface area contributed by atoms with Crippen LogP contribution < -0.4 is 0 Å². The van der Waals surface area contributed by atoms with Crippen molar-refractivity contribution in [2.45, 2.75) is 25.9 Å². The van der Waals surface area contributed by atoms with Gasteiger partial charge >= 0.3 is 5.97 Å². The number of hydrogen-bond donors (Lipinski definition) is 0. The van der Waals surface area contributed by atoms with Crippen LogP contribution in [-0.2, 0) is 4.74 Å². The second-order valence-corrected chi connectivity index (χ2v) is 4.89. The fourth-order valence-electron chi connectivity index (χ4n) is 2.11. The Morgan fingerprint density at radius 3 is 2.72 bits per heavy atom. The molecule has 0 N–H and O–H groups in total. The lowest BCUT2D eigenvalue weighted by atomic mass is 10.1. The largest absolute Gasteiger partial charge is 0.459 e. The minimum absolute atomic E-state index is 0.0360. The molecular weight excluding hydrogens is 233 g/mol. The van der Waals surface area contributed by atoms with Crippen molar-refractivity contribution >= 4 is 5.97 Å². The van der Waals surface area contributed by atoms with E-state index in [4.69, 9.17) is 4.74 Å². The molecule has 1 aliphatic heterocycles. The van der Waals surface area contributed by atoms with Crippen molar-refractivity contribution < 1.29 is 13.9 Å². The van der Waals surface area contributed by atoms with Gasteiger partial charge in [-0.15, -0.1) is 0 Å². The highest BCUT2D eigenvalue weighted by atomic mass is 19.1. The van der Waals surface area contributed by atoms with Crippen LogP contribution in [0.25, 0.3) is 0 Å². The van der Waals surface area contributed by atoms with E-state index in [2.05, 4.69) is 4.90 Å². The van der Waals surface area contributed by atoms with Gasteiger partial charge in [-0.2, -0.15) is 0 Å². The van der Waals surface area contributed by atoms with Crippen LogP contribution in [-0.4, -0.2) is 37.1 Å². The first kappa shape index (κ1) is 13.0. The summed E-state index contributed by atoms with van der Waals surface area (Å²) in [7, 11) is 2.04. The molecular formula is C14H18FNO2. The molecule has 1 saturated heterocycles. The molecule has 3 nitrogen and oxygen atoms in total. The Labute approximate surface area is 107 Å². The molecule has 0 saturated carbocycles. The van der Waals surface area contributed by atoms with Crippen LogP contribution in [0.3, 0.4) is 0 Å². The third kappa shape index (κ3) is 3.07. The predicted octanol–water partition coefficient (Wildman–Crippen LogP) is 2.39. The van der Waals surface area contributed by atoms with Gasteiger partial charge in [-0.25, -0.2) is 9.18 Å². The molecule has 18 heavy (non-hydrogen) atoms. The van der Waals surface area contributed by atoms with Crippen molar-refractivity contribution in [2.24, 2.45) is 0 Å². The molecule has 0 atom stereocenters. The van der Waals surface area contributed by atoms with Gasteiger partial charge in [-0.05, 0) is 38.9 Å². The average molecular weight is 251 g/mol. The van der Waals surface area contributed by atoms with E-state index in [-0.39, 0.29) is 11.7 Å². The number of rotatable bonds is 2. The summed E-state index contributed by atoms with van der Waals surface area (Å²) in [6.45, 7) is 3.65. The van der Waals surface area contributed by atoms with Gasteiger partial charge in [0, 0.05) is 13.1 Å². The molecule has 0 unspecified atom stereocenters. The van der Waals surface area contributed by atoms with Crippen molar-refractivity contribution in [3.8, 4) is 0 Å². The van der Waals surface area contributed by atoms with E-state index in [0.717, 1.165) is 31.5 Å². The molecule has 1 fully saturated rings. The number of aryl methyl sites for hydroxylation is 1. The molecule has 1 aromatic carbocycles. The standard InChI is InChI=1S/C14H18FNO2/c1-10-3-4-13(15)12(9-10)14(17)18-11-5-7-16(2)8-6-11/h3-4,9,11H,5-8H2,1-2H3. The van der Waals surface area contributed by atoms with E-state index in [9.17, 15) is 9.18 Å². The lowest BCUT2D eigenvalue weighted by Gasteiger charge is -2.28. The van der Waals surface area contributed by atoms with Crippen LogP contribution in [0.4, 0.5) is 4.39 Å². The van der Waals surface area contributed by atoms with E-state index in [1.54, 1.807) is 6.07 Å². The maximum absolute atomic E-state index is 13.5. The number of likely N-dealkylation sites (tertiary alicyclic amines) is 1. The summed E-state index contributed by atoms with van der Waals surface area (Å²) < 4.78 is 18.9. The fraction of sp³-hybridized carbons (Fsp3) is 0.500. The molecule has 0 spiro atoms. The second-order valence-electron chi connectivity index (χ2n) is 4.89. The number of nitrogens with zero attached hydrogens (tertiary/aromatic N) is 1. The summed E-state index contributed by atoms with van der Waals surface area (Å²) in [4.78, 5) is 14.1. The van der Waals surface area contributed by atoms with E-state index in [1.807, 2.05) is 14.0 Å². The molecule has 1 aromatic rings. The predicted molar refractivity (Wildman–Crippen MR) is 67.1 cm³/mol. The highest BCUT2D eigenvalue weighted by Crippen LogP contribution is 2.17. The van der Waals surface area contributed by atoms with Crippen LogP contribution >= 0.6 is 0 Å². The zero-order valence-corrected chi connectivity index (χ0v) is 10.8. The number of benzene rings is 1. The summed E-state index contributed by atoms with van der Waals surface area (Å²) in [5, 5.41) is 0. The maximum atomic E-state index is 13.5. The normalized spacial score (nSPS) is 17.7. The molecule has 0 bridgehead atoms. The van der Waals surface area contributed by atoms with Crippen molar-refractivity contribution in [3.05, 3.63) is 35.1 Å². The second kappa shape index (κ2) is 5.48. The highest BCUT2D eigenvalue weighted by molar-refractivity contribution is 5.90. The molecule has 4 heteroatoms. The van der Waals surface area contributed by atoms with E-state index in [0.29, 0.717) is 0 Å². The lowest BCUT2D eigenvalue weighted by molar-refractivity contribution is 0.0134. The smallest absolute Gasteiger partial charge is 0.341 e. The number of ether oxygens (including phenoxy) is 1. The van der Waals surface area contributed by atoms with Gasteiger partial charge < -0.3 is 9.64 Å². The molecule has 2 rings (SSSR count). The van der Waals surface area contributed by atoms with Gasteiger partial charge in [0.25, 0.3) is 0 Å². The number of hydrogen-bond acceptors (Lipinski definition) is 3. The van der Waals surface area contributed by atoms with Crippen molar-refractivity contribution in [1.82, 2.24) is 4.90 Å². The van der Waals surface area contributed by atoms with Gasteiger partial charge in [0.05, 0.1) is 5.56 Å². The van der Waals surface area contributed by atoms with Crippen LogP contribution in [0.2, 0.25) is 0 Å². The van der Waals surface area contributed by atoms with Crippen molar-refractivity contribution in [2.75, 3.05) is 20.1 Å². The summed E-state index contributed by atoms with van der Waals surface area (Å²) >= 11 is 0. The lowest BCUT2D eigenvalue weighted by Crippen LogP contribution is -2.35. The molecule has 0 aromatic heterocycles. The molecule has 1 aliphatic rings. The quantitative estimate of drug-likeness (QED) is 0.756. The van der Waals surface area contributed by atoms with Gasteiger partial charge in [-0.1, -0.05) is 11.6 Å². The number of carbonyl (C=O) groups is 1. The van der Waals surface area contributed by atoms with E-state index >= 15 is 0 Å².